The van der Waals surface area contributed by atoms with Crippen molar-refractivity contribution >= 4 is 17.2 Å². The number of thiophene rings is 1. The predicted octanol–water partition coefficient (Wildman–Crippen LogP) is 3.92. The number of nitrogens with one attached hydrogen (secondary N) is 1. The number of pyridine rings is 1. The van der Waals surface area contributed by atoms with Crippen molar-refractivity contribution in [2.75, 3.05) is 25.0 Å². The van der Waals surface area contributed by atoms with Crippen LogP contribution in [-0.2, 0) is 0 Å². The van der Waals surface area contributed by atoms with Crippen LogP contribution < -0.4 is 5.32 Å². The van der Waals surface area contributed by atoms with Crippen molar-refractivity contribution in [3.8, 4) is 17.5 Å². The molecule has 1 aliphatic heterocycles. The second-order valence-corrected chi connectivity index (χ2v) is 7.18. The molecule has 0 aliphatic carbocycles. The van der Waals surface area contributed by atoms with Crippen LogP contribution in [0.2, 0.25) is 0 Å². The molecular formula is C19H19N5OS. The number of hydrogen-bond acceptors (Lipinski definition) is 7. The minimum Gasteiger partial charge on any atom is -0.419 e. The minimum atomic E-state index is 0.273. The maximum absolute atomic E-state index is 9.40. The highest BCUT2D eigenvalue weighted by Gasteiger charge is 2.25. The molecule has 0 amide bonds. The van der Waals surface area contributed by atoms with Crippen LogP contribution in [0, 0.1) is 11.3 Å². The van der Waals surface area contributed by atoms with Gasteiger partial charge in [0, 0.05) is 23.8 Å². The highest BCUT2D eigenvalue weighted by atomic mass is 32.1. The van der Waals surface area contributed by atoms with Crippen LogP contribution >= 0.6 is 11.3 Å². The lowest BCUT2D eigenvalue weighted by atomic mass is 10.2. The van der Waals surface area contributed by atoms with Crippen LogP contribution in [-0.4, -0.2) is 34.5 Å². The van der Waals surface area contributed by atoms with Gasteiger partial charge in [0.25, 0.3) is 0 Å². The summed E-state index contributed by atoms with van der Waals surface area (Å²) in [5.41, 5.74) is 1.03. The van der Waals surface area contributed by atoms with Gasteiger partial charge in [-0.1, -0.05) is 6.07 Å². The molecule has 1 aliphatic rings. The van der Waals surface area contributed by atoms with Gasteiger partial charge in [-0.3, -0.25) is 9.88 Å². The van der Waals surface area contributed by atoms with Crippen LogP contribution in [0.1, 0.15) is 29.5 Å². The van der Waals surface area contributed by atoms with Crippen LogP contribution in [0.15, 0.2) is 46.5 Å². The van der Waals surface area contributed by atoms with Gasteiger partial charge in [0.05, 0.1) is 11.6 Å². The molecule has 0 radical (unpaired) electrons. The Balaban J connectivity index is 1.54. The quantitative estimate of drug-likeness (QED) is 0.713. The van der Waals surface area contributed by atoms with Crippen molar-refractivity contribution in [3.05, 3.63) is 52.6 Å². The zero-order valence-corrected chi connectivity index (χ0v) is 15.1. The maximum Gasteiger partial charge on any atom is 0.232 e. The van der Waals surface area contributed by atoms with Crippen molar-refractivity contribution in [2.24, 2.45) is 0 Å². The largest absolute Gasteiger partial charge is 0.419 e. The molecule has 3 aromatic rings. The summed E-state index contributed by atoms with van der Waals surface area (Å²) in [6.45, 7) is 2.89. The van der Waals surface area contributed by atoms with Gasteiger partial charge in [0.15, 0.2) is 0 Å². The highest BCUT2D eigenvalue weighted by molar-refractivity contribution is 7.10. The molecule has 1 atom stereocenters. The highest BCUT2D eigenvalue weighted by Crippen LogP contribution is 2.30. The normalized spacial score (nSPS) is 15.7. The fourth-order valence-corrected chi connectivity index (χ4v) is 4.12. The number of aromatic nitrogens is 2. The fourth-order valence-electron chi connectivity index (χ4n) is 3.26. The number of nitrogens with zero attached hydrogens (tertiary/aromatic N) is 4. The first kappa shape index (κ1) is 16.8. The summed E-state index contributed by atoms with van der Waals surface area (Å²) in [7, 11) is 0. The van der Waals surface area contributed by atoms with Crippen molar-refractivity contribution in [2.45, 2.75) is 18.9 Å². The first-order valence-corrected chi connectivity index (χ1v) is 9.56. The van der Waals surface area contributed by atoms with Crippen molar-refractivity contribution in [3.63, 3.8) is 0 Å². The summed E-state index contributed by atoms with van der Waals surface area (Å²) in [5.74, 6) is 0.832. The van der Waals surface area contributed by atoms with E-state index in [1.807, 2.05) is 12.1 Å². The summed E-state index contributed by atoms with van der Waals surface area (Å²) >= 11 is 1.76. The third-order valence-electron chi connectivity index (χ3n) is 4.55. The first-order valence-electron chi connectivity index (χ1n) is 8.68. The van der Waals surface area contributed by atoms with E-state index in [9.17, 15) is 5.26 Å². The predicted molar refractivity (Wildman–Crippen MR) is 101 cm³/mol. The van der Waals surface area contributed by atoms with Gasteiger partial charge in [-0.05, 0) is 49.5 Å². The molecular weight excluding hydrogens is 346 g/mol. The number of anilines is 1. The molecule has 26 heavy (non-hydrogen) atoms. The van der Waals surface area contributed by atoms with Gasteiger partial charge in [-0.25, -0.2) is 0 Å². The summed E-state index contributed by atoms with van der Waals surface area (Å²) in [6, 6.07) is 10.3. The first-order chi connectivity index (χ1) is 12.8. The molecule has 0 saturated carbocycles. The topological polar surface area (TPSA) is 78.0 Å². The van der Waals surface area contributed by atoms with Gasteiger partial charge in [-0.15, -0.1) is 11.3 Å². The lowest BCUT2D eigenvalue weighted by Gasteiger charge is -2.26. The molecule has 1 saturated heterocycles. The van der Waals surface area contributed by atoms with E-state index < -0.39 is 0 Å². The Morgan fingerprint density at radius 3 is 2.88 bits per heavy atom. The van der Waals surface area contributed by atoms with E-state index in [2.05, 4.69) is 43.8 Å². The zero-order chi connectivity index (χ0) is 17.8. The Bertz CT molecular complexity index is 879. The molecule has 1 unspecified atom stereocenters. The number of likely N-dealkylation sites (tertiary alicyclic amines) is 1. The minimum absolute atomic E-state index is 0.273. The molecule has 0 spiro atoms. The van der Waals surface area contributed by atoms with E-state index in [4.69, 9.17) is 4.42 Å². The average Bonchev–Trinajstić information content (AvgIpc) is 3.45. The number of hydrogen-bond donors (Lipinski definition) is 1. The second-order valence-electron chi connectivity index (χ2n) is 6.21. The van der Waals surface area contributed by atoms with Crippen molar-refractivity contribution in [1.29, 1.82) is 5.26 Å². The monoisotopic (exact) mass is 365 g/mol. The van der Waals surface area contributed by atoms with E-state index in [1.54, 1.807) is 23.7 Å². The molecule has 4 rings (SSSR count). The standard InChI is InChI=1S/C19H19N5OS/c20-11-15-19(25-18(23-15)14-5-3-7-21-12-14)22-13-16(17-6-4-10-26-17)24-8-1-2-9-24/h3-7,10,12,16,22H,1-2,8-9,13H2. The van der Waals surface area contributed by atoms with Crippen LogP contribution in [0.25, 0.3) is 11.5 Å². The van der Waals surface area contributed by atoms with E-state index >= 15 is 0 Å². The van der Waals surface area contributed by atoms with Crippen LogP contribution in [0.4, 0.5) is 5.88 Å². The third-order valence-corrected chi connectivity index (χ3v) is 5.52. The molecule has 1 fully saturated rings. The Morgan fingerprint density at radius 2 is 2.19 bits per heavy atom. The Hall–Kier alpha value is -2.69. The Labute approximate surface area is 156 Å². The fraction of sp³-hybridized carbons (Fsp3) is 0.316. The summed E-state index contributed by atoms with van der Waals surface area (Å²) in [6.07, 6.45) is 5.84. The molecule has 132 valence electrons. The van der Waals surface area contributed by atoms with Gasteiger partial charge in [0.2, 0.25) is 17.5 Å². The van der Waals surface area contributed by atoms with Gasteiger partial charge in [0.1, 0.15) is 6.07 Å². The molecule has 3 aromatic heterocycles. The SMILES string of the molecule is N#Cc1nc(-c2cccnc2)oc1NCC(c1cccs1)N1CCCC1. The smallest absolute Gasteiger partial charge is 0.232 e. The number of nitriles is 1. The number of oxazole rings is 1. The van der Waals surface area contributed by atoms with Crippen molar-refractivity contribution in [1.82, 2.24) is 14.9 Å². The van der Waals surface area contributed by atoms with E-state index in [0.717, 1.165) is 18.7 Å². The molecule has 4 heterocycles. The van der Waals surface area contributed by atoms with E-state index in [0.29, 0.717) is 18.3 Å². The Kier molecular flexibility index (Phi) is 4.95. The zero-order valence-electron chi connectivity index (χ0n) is 14.3. The van der Waals surface area contributed by atoms with Crippen LogP contribution in [0.5, 0.6) is 0 Å². The van der Waals surface area contributed by atoms with Crippen molar-refractivity contribution < 1.29 is 4.42 Å². The Morgan fingerprint density at radius 1 is 1.31 bits per heavy atom. The number of rotatable bonds is 6. The molecule has 6 nitrogen and oxygen atoms in total. The summed E-state index contributed by atoms with van der Waals surface area (Å²) in [4.78, 5) is 12.2. The lowest BCUT2D eigenvalue weighted by Crippen LogP contribution is -2.30. The average molecular weight is 365 g/mol. The van der Waals surface area contributed by atoms with E-state index in [1.165, 1.54) is 17.7 Å². The van der Waals surface area contributed by atoms with Gasteiger partial charge in [-0.2, -0.15) is 10.2 Å². The third kappa shape index (κ3) is 3.47. The van der Waals surface area contributed by atoms with E-state index in [-0.39, 0.29) is 11.7 Å². The maximum atomic E-state index is 9.40. The summed E-state index contributed by atoms with van der Waals surface area (Å²) in [5, 5.41) is 14.8. The lowest BCUT2D eigenvalue weighted by molar-refractivity contribution is 0.258. The van der Waals surface area contributed by atoms with Crippen LogP contribution in [0.3, 0.4) is 0 Å². The molecule has 7 heteroatoms. The van der Waals surface area contributed by atoms with Gasteiger partial charge >= 0.3 is 0 Å². The summed E-state index contributed by atoms with van der Waals surface area (Å²) < 4.78 is 5.82. The van der Waals surface area contributed by atoms with Gasteiger partial charge < -0.3 is 9.73 Å². The molecule has 1 N–H and O–H groups in total. The molecule has 0 aromatic carbocycles. The second kappa shape index (κ2) is 7.68. The molecule has 0 bridgehead atoms.